The summed E-state index contributed by atoms with van der Waals surface area (Å²) in [4.78, 5) is 51.5. The van der Waals surface area contributed by atoms with Crippen LogP contribution in [0.5, 0.6) is 0 Å². The Labute approximate surface area is 151 Å². The second-order valence-electron chi connectivity index (χ2n) is 4.67. The first-order valence-corrected chi connectivity index (χ1v) is 9.29. The van der Waals surface area contributed by atoms with Crippen LogP contribution >= 0.6 is 22.6 Å². The van der Waals surface area contributed by atoms with Crippen molar-refractivity contribution in [3.05, 3.63) is 29.8 Å². The predicted octanol–water partition coefficient (Wildman–Crippen LogP) is -0.129. The van der Waals surface area contributed by atoms with Gasteiger partial charge in [-0.2, -0.15) is 0 Å². The van der Waals surface area contributed by atoms with Gasteiger partial charge in [-0.3, -0.25) is 14.4 Å². The molecule has 11 heteroatoms. The number of alkyl halides is 1. The van der Waals surface area contributed by atoms with Crippen molar-refractivity contribution in [3.63, 3.8) is 0 Å². The Hall–Kier alpha value is -2.02. The van der Waals surface area contributed by atoms with Crippen molar-refractivity contribution in [2.24, 2.45) is 0 Å². The first-order chi connectivity index (χ1) is 11.3. The van der Waals surface area contributed by atoms with Crippen LogP contribution in [0, 0.1) is 0 Å². The second-order valence-corrected chi connectivity index (χ2v) is 6.63. The van der Waals surface area contributed by atoms with Gasteiger partial charge in [-0.1, -0.05) is 28.7 Å². The van der Waals surface area contributed by atoms with E-state index in [1.807, 2.05) is 22.6 Å². The van der Waals surface area contributed by atoms with Gasteiger partial charge in [0.1, 0.15) is 5.25 Å². The minimum atomic E-state index is -3.14. The molecule has 1 aliphatic rings. The highest BCUT2D eigenvalue weighted by Crippen LogP contribution is 2.18. The quantitative estimate of drug-likeness (QED) is 0.268. The van der Waals surface area contributed by atoms with Crippen LogP contribution in [0.3, 0.4) is 0 Å². The Morgan fingerprint density at radius 2 is 2.04 bits per heavy atom. The number of amides is 3. The fourth-order valence-corrected chi connectivity index (χ4v) is 2.69. The number of anilines is 1. The Balaban J connectivity index is 2.13. The number of imide groups is 1. The number of hydrogen-bond acceptors (Lipinski definition) is 7. The average Bonchev–Trinajstić information content (AvgIpc) is 2.83. The normalized spacial score (nSPS) is 17.2. The zero-order valence-corrected chi connectivity index (χ0v) is 15.0. The van der Waals surface area contributed by atoms with Gasteiger partial charge in [0.05, 0.1) is 16.4 Å². The maximum Gasteiger partial charge on any atom is 0.363 e. The SMILES string of the molecule is O=C(CI)Nc1cccc(C(=O)ON2C(=O)CC([SH](=O)=O)C2=O)c1. The minimum Gasteiger partial charge on any atom is -0.325 e. The zero-order chi connectivity index (χ0) is 17.9. The summed E-state index contributed by atoms with van der Waals surface area (Å²) < 4.78 is 22.0. The maximum atomic E-state index is 12.0. The van der Waals surface area contributed by atoms with E-state index in [0.717, 1.165) is 0 Å². The summed E-state index contributed by atoms with van der Waals surface area (Å²) in [6, 6.07) is 5.69. The van der Waals surface area contributed by atoms with Crippen LogP contribution in [0.1, 0.15) is 16.8 Å². The molecule has 1 saturated heterocycles. The van der Waals surface area contributed by atoms with Crippen LogP contribution in [-0.4, -0.2) is 46.8 Å². The van der Waals surface area contributed by atoms with Gasteiger partial charge in [0.15, 0.2) is 10.7 Å². The molecule has 0 radical (unpaired) electrons. The number of hydrogen-bond donors (Lipinski definition) is 2. The van der Waals surface area contributed by atoms with Crippen molar-refractivity contribution in [1.82, 2.24) is 5.06 Å². The Morgan fingerprint density at radius 1 is 1.33 bits per heavy atom. The molecule has 1 N–H and O–H groups in total. The monoisotopic (exact) mass is 466 g/mol. The summed E-state index contributed by atoms with van der Waals surface area (Å²) in [5.41, 5.74) is 0.322. The standard InChI is InChI=1S/C13H11IN2O7S/c14-6-10(17)15-8-3-1-2-7(4-8)13(20)23-16-11(18)5-9(12(16)19)24(21)22/h1-4,9,24H,5-6H2,(H,15,17). The number of halogens is 1. The Kier molecular flexibility index (Phi) is 5.88. The molecule has 24 heavy (non-hydrogen) atoms. The molecule has 1 atom stereocenters. The molecule has 0 aromatic heterocycles. The van der Waals surface area contributed by atoms with E-state index in [1.54, 1.807) is 6.07 Å². The summed E-state index contributed by atoms with van der Waals surface area (Å²) in [6.45, 7) is 0. The molecule has 1 aromatic carbocycles. The molecule has 1 unspecified atom stereocenters. The number of carbonyl (C=O) groups is 4. The molecule has 128 valence electrons. The number of thiol groups is 1. The zero-order valence-electron chi connectivity index (χ0n) is 11.9. The molecular formula is C13H11IN2O7S. The number of hydroxylamine groups is 2. The summed E-state index contributed by atoms with van der Waals surface area (Å²) >= 11 is 1.87. The van der Waals surface area contributed by atoms with Crippen LogP contribution in [0.15, 0.2) is 24.3 Å². The molecule has 9 nitrogen and oxygen atoms in total. The predicted molar refractivity (Wildman–Crippen MR) is 89.9 cm³/mol. The van der Waals surface area contributed by atoms with E-state index in [1.165, 1.54) is 18.2 Å². The van der Waals surface area contributed by atoms with Crippen LogP contribution in [-0.2, 0) is 29.9 Å². The highest BCUT2D eigenvalue weighted by Gasteiger charge is 2.43. The van der Waals surface area contributed by atoms with Crippen molar-refractivity contribution in [2.75, 3.05) is 9.74 Å². The third-order valence-corrected chi connectivity index (χ3v) is 4.62. The molecule has 2 rings (SSSR count). The first-order valence-electron chi connectivity index (χ1n) is 6.52. The summed E-state index contributed by atoms with van der Waals surface area (Å²) in [7, 11) is -3.14. The highest BCUT2D eigenvalue weighted by atomic mass is 127. The molecule has 1 aromatic rings. The maximum absolute atomic E-state index is 12.0. The van der Waals surface area contributed by atoms with Gasteiger partial charge in [0.25, 0.3) is 11.8 Å². The van der Waals surface area contributed by atoms with Crippen molar-refractivity contribution in [3.8, 4) is 0 Å². The smallest absolute Gasteiger partial charge is 0.325 e. The van der Waals surface area contributed by atoms with Gasteiger partial charge in [-0.15, -0.1) is 5.06 Å². The molecule has 0 spiro atoms. The fraction of sp³-hybridized carbons (Fsp3) is 0.231. The van der Waals surface area contributed by atoms with Crippen molar-refractivity contribution in [1.29, 1.82) is 0 Å². The third-order valence-electron chi connectivity index (χ3n) is 3.01. The lowest BCUT2D eigenvalue weighted by Gasteiger charge is -2.13. The van der Waals surface area contributed by atoms with Gasteiger partial charge < -0.3 is 10.2 Å². The van der Waals surface area contributed by atoms with Crippen molar-refractivity contribution in [2.45, 2.75) is 11.7 Å². The third kappa shape index (κ3) is 4.08. The molecule has 0 bridgehead atoms. The van der Waals surface area contributed by atoms with Crippen LogP contribution in [0.25, 0.3) is 0 Å². The number of benzene rings is 1. The summed E-state index contributed by atoms with van der Waals surface area (Å²) in [5, 5.41) is 1.18. The minimum absolute atomic E-state index is 0.0168. The van der Waals surface area contributed by atoms with Gasteiger partial charge in [-0.05, 0) is 18.2 Å². The molecule has 1 fully saturated rings. The van der Waals surface area contributed by atoms with Crippen LogP contribution in [0.4, 0.5) is 5.69 Å². The summed E-state index contributed by atoms with van der Waals surface area (Å²) in [5.74, 6) is -3.30. The van der Waals surface area contributed by atoms with Crippen LogP contribution in [0.2, 0.25) is 0 Å². The molecule has 3 amide bonds. The fourth-order valence-electron chi connectivity index (χ4n) is 1.91. The van der Waals surface area contributed by atoms with E-state index in [4.69, 9.17) is 4.84 Å². The largest absolute Gasteiger partial charge is 0.363 e. The second kappa shape index (κ2) is 7.70. The molecule has 1 aliphatic heterocycles. The van der Waals surface area contributed by atoms with E-state index < -0.39 is 40.2 Å². The average molecular weight is 466 g/mol. The number of nitrogens with zero attached hydrogens (tertiary/aromatic N) is 1. The van der Waals surface area contributed by atoms with Gasteiger partial charge in [-0.25, -0.2) is 13.2 Å². The van der Waals surface area contributed by atoms with E-state index in [2.05, 4.69) is 5.32 Å². The lowest BCUT2D eigenvalue weighted by molar-refractivity contribution is -0.172. The van der Waals surface area contributed by atoms with Crippen molar-refractivity contribution < 1.29 is 32.4 Å². The first kappa shape index (κ1) is 18.3. The van der Waals surface area contributed by atoms with E-state index in [9.17, 15) is 27.6 Å². The van der Waals surface area contributed by atoms with Crippen LogP contribution < -0.4 is 5.32 Å². The molecule has 0 saturated carbocycles. The lowest BCUT2D eigenvalue weighted by atomic mass is 10.2. The van der Waals surface area contributed by atoms with Gasteiger partial charge >= 0.3 is 5.97 Å². The molecule has 0 aliphatic carbocycles. The van der Waals surface area contributed by atoms with E-state index in [-0.39, 0.29) is 21.0 Å². The van der Waals surface area contributed by atoms with Gasteiger partial charge in [0.2, 0.25) is 5.91 Å². The Morgan fingerprint density at radius 3 is 2.62 bits per heavy atom. The lowest BCUT2D eigenvalue weighted by Crippen LogP contribution is -2.34. The summed E-state index contributed by atoms with van der Waals surface area (Å²) in [6.07, 6.45) is -0.559. The highest BCUT2D eigenvalue weighted by molar-refractivity contribution is 14.1. The van der Waals surface area contributed by atoms with Gasteiger partial charge in [0, 0.05) is 5.69 Å². The topological polar surface area (TPSA) is 127 Å². The van der Waals surface area contributed by atoms with Crippen molar-refractivity contribution >= 4 is 62.7 Å². The Bertz CT molecular complexity index is 784. The number of nitrogens with one attached hydrogen (secondary N) is 1. The number of rotatable bonds is 5. The van der Waals surface area contributed by atoms with E-state index in [0.29, 0.717) is 5.69 Å². The number of carbonyl (C=O) groups excluding carboxylic acids is 4. The molecular weight excluding hydrogens is 455 g/mol. The van der Waals surface area contributed by atoms with E-state index >= 15 is 0 Å². The molecule has 1 heterocycles.